The summed E-state index contributed by atoms with van der Waals surface area (Å²) < 4.78 is 0. The number of hydrogen-bond donors (Lipinski definition) is 1. The van der Waals surface area contributed by atoms with Gasteiger partial charge in [-0.3, -0.25) is 4.79 Å². The van der Waals surface area contributed by atoms with Crippen molar-refractivity contribution in [3.05, 3.63) is 28.2 Å². The zero-order valence-electron chi connectivity index (χ0n) is 9.75. The third kappa shape index (κ3) is 3.43. The van der Waals surface area contributed by atoms with Crippen LogP contribution in [0.1, 0.15) is 32.1 Å². The van der Waals surface area contributed by atoms with Crippen LogP contribution in [0.15, 0.2) is 18.0 Å². The van der Waals surface area contributed by atoms with Crippen molar-refractivity contribution in [2.45, 2.75) is 32.1 Å². The summed E-state index contributed by atoms with van der Waals surface area (Å²) in [5, 5.41) is 2.96. The average molecular weight is 286 g/mol. The summed E-state index contributed by atoms with van der Waals surface area (Å²) in [5.41, 5.74) is 1.18. The Morgan fingerprint density at radius 1 is 1.33 bits per heavy atom. The van der Waals surface area contributed by atoms with E-state index in [2.05, 4.69) is 21.4 Å². The zero-order valence-corrected chi connectivity index (χ0v) is 11.3. The third-order valence-corrected chi connectivity index (χ3v) is 3.52. The SMILES string of the molecule is O=C(CC1=CCCCC1)Nc1ncnc(Cl)c1Cl. The predicted octanol–water partition coefficient (Wildman–Crippen LogP) is 3.61. The molecule has 0 saturated heterocycles. The minimum atomic E-state index is -0.125. The molecule has 1 N–H and O–H groups in total. The molecule has 1 aromatic rings. The van der Waals surface area contributed by atoms with Gasteiger partial charge in [-0.25, -0.2) is 9.97 Å². The Morgan fingerprint density at radius 3 is 2.89 bits per heavy atom. The van der Waals surface area contributed by atoms with Crippen LogP contribution >= 0.6 is 23.2 Å². The number of anilines is 1. The van der Waals surface area contributed by atoms with Crippen molar-refractivity contribution in [1.82, 2.24) is 9.97 Å². The van der Waals surface area contributed by atoms with E-state index in [1.54, 1.807) is 0 Å². The van der Waals surface area contributed by atoms with Gasteiger partial charge in [-0.15, -0.1) is 0 Å². The topological polar surface area (TPSA) is 54.9 Å². The molecule has 0 spiro atoms. The molecule has 96 valence electrons. The Bertz CT molecular complexity index is 488. The molecule has 1 aliphatic carbocycles. The number of carbonyl (C=O) groups is 1. The number of nitrogens with zero attached hydrogens (tertiary/aromatic N) is 2. The molecule has 0 radical (unpaired) electrons. The smallest absolute Gasteiger partial charge is 0.229 e. The average Bonchev–Trinajstić information content (AvgIpc) is 2.36. The van der Waals surface area contributed by atoms with E-state index >= 15 is 0 Å². The summed E-state index contributed by atoms with van der Waals surface area (Å²) in [6.07, 6.45) is 8.20. The molecule has 0 saturated carbocycles. The molecular weight excluding hydrogens is 273 g/mol. The highest BCUT2D eigenvalue weighted by molar-refractivity contribution is 6.42. The van der Waals surface area contributed by atoms with Crippen molar-refractivity contribution >= 4 is 34.9 Å². The molecule has 0 aromatic carbocycles. The largest absolute Gasteiger partial charge is 0.309 e. The maximum Gasteiger partial charge on any atom is 0.229 e. The lowest BCUT2D eigenvalue weighted by Gasteiger charge is -2.12. The molecule has 0 atom stereocenters. The van der Waals surface area contributed by atoms with Crippen molar-refractivity contribution in [2.75, 3.05) is 5.32 Å². The van der Waals surface area contributed by atoms with Crippen molar-refractivity contribution in [3.8, 4) is 0 Å². The number of aromatic nitrogens is 2. The third-order valence-electron chi connectivity index (χ3n) is 2.78. The molecule has 1 aromatic heterocycles. The summed E-state index contributed by atoms with van der Waals surface area (Å²) in [6, 6.07) is 0. The van der Waals surface area contributed by atoms with Crippen LogP contribution in [0, 0.1) is 0 Å². The molecule has 0 bridgehead atoms. The van der Waals surface area contributed by atoms with E-state index in [0.717, 1.165) is 19.3 Å². The van der Waals surface area contributed by atoms with Crippen molar-refractivity contribution in [2.24, 2.45) is 0 Å². The van der Waals surface area contributed by atoms with Crippen LogP contribution in [0.2, 0.25) is 10.2 Å². The first-order valence-electron chi connectivity index (χ1n) is 5.80. The molecule has 4 nitrogen and oxygen atoms in total. The Kier molecular flexibility index (Phi) is 4.55. The number of carbonyl (C=O) groups excluding carboxylic acids is 1. The van der Waals surface area contributed by atoms with Gasteiger partial charge < -0.3 is 5.32 Å². The van der Waals surface area contributed by atoms with E-state index in [9.17, 15) is 4.79 Å². The number of allylic oxidation sites excluding steroid dienone is 1. The van der Waals surface area contributed by atoms with Gasteiger partial charge in [0, 0.05) is 6.42 Å². The van der Waals surface area contributed by atoms with Crippen LogP contribution in [0.3, 0.4) is 0 Å². The zero-order chi connectivity index (χ0) is 13.0. The van der Waals surface area contributed by atoms with Crippen LogP contribution < -0.4 is 5.32 Å². The normalized spacial score (nSPS) is 15.1. The minimum Gasteiger partial charge on any atom is -0.309 e. The monoisotopic (exact) mass is 285 g/mol. The Hall–Kier alpha value is -1.13. The lowest BCUT2D eigenvalue weighted by atomic mass is 9.97. The number of hydrogen-bond acceptors (Lipinski definition) is 3. The van der Waals surface area contributed by atoms with E-state index in [1.807, 2.05) is 0 Å². The molecule has 0 aliphatic heterocycles. The Labute approximate surface area is 115 Å². The summed E-state index contributed by atoms with van der Waals surface area (Å²) in [5.74, 6) is 0.137. The fraction of sp³-hybridized carbons (Fsp3) is 0.417. The quantitative estimate of drug-likeness (QED) is 0.682. The first kappa shape index (κ1) is 13.3. The minimum absolute atomic E-state index is 0.125. The van der Waals surface area contributed by atoms with Crippen molar-refractivity contribution in [1.29, 1.82) is 0 Å². The van der Waals surface area contributed by atoms with Gasteiger partial charge in [0.2, 0.25) is 5.91 Å². The second-order valence-electron chi connectivity index (χ2n) is 4.16. The first-order chi connectivity index (χ1) is 8.66. The Balaban J connectivity index is 1.98. The van der Waals surface area contributed by atoms with Crippen LogP contribution in [-0.2, 0) is 4.79 Å². The van der Waals surface area contributed by atoms with E-state index in [-0.39, 0.29) is 21.9 Å². The predicted molar refractivity (Wildman–Crippen MR) is 71.8 cm³/mol. The van der Waals surface area contributed by atoms with Gasteiger partial charge in [0.25, 0.3) is 0 Å². The van der Waals surface area contributed by atoms with Crippen LogP contribution in [-0.4, -0.2) is 15.9 Å². The van der Waals surface area contributed by atoms with Gasteiger partial charge in [0.15, 0.2) is 11.0 Å². The highest BCUT2D eigenvalue weighted by atomic mass is 35.5. The number of nitrogens with one attached hydrogen (secondary N) is 1. The van der Waals surface area contributed by atoms with E-state index in [4.69, 9.17) is 23.2 Å². The van der Waals surface area contributed by atoms with Gasteiger partial charge in [-0.1, -0.05) is 34.9 Å². The van der Waals surface area contributed by atoms with Gasteiger partial charge in [-0.05, 0) is 25.7 Å². The maximum atomic E-state index is 11.8. The molecule has 6 heteroatoms. The summed E-state index contributed by atoms with van der Waals surface area (Å²) in [7, 11) is 0. The summed E-state index contributed by atoms with van der Waals surface area (Å²) >= 11 is 11.6. The second kappa shape index (κ2) is 6.16. The first-order valence-corrected chi connectivity index (χ1v) is 6.56. The van der Waals surface area contributed by atoms with Crippen LogP contribution in [0.25, 0.3) is 0 Å². The van der Waals surface area contributed by atoms with E-state index in [0.29, 0.717) is 6.42 Å². The van der Waals surface area contributed by atoms with E-state index < -0.39 is 0 Å². The second-order valence-corrected chi connectivity index (χ2v) is 4.90. The van der Waals surface area contributed by atoms with Gasteiger partial charge in [0.1, 0.15) is 11.3 Å². The number of amides is 1. The number of rotatable bonds is 3. The molecule has 1 aliphatic rings. The van der Waals surface area contributed by atoms with Crippen LogP contribution in [0.5, 0.6) is 0 Å². The number of halogens is 2. The lowest BCUT2D eigenvalue weighted by molar-refractivity contribution is -0.115. The fourth-order valence-electron chi connectivity index (χ4n) is 1.88. The van der Waals surface area contributed by atoms with Crippen molar-refractivity contribution < 1.29 is 4.79 Å². The molecular formula is C12H13Cl2N3O. The van der Waals surface area contributed by atoms with Gasteiger partial charge >= 0.3 is 0 Å². The molecule has 18 heavy (non-hydrogen) atoms. The highest BCUT2D eigenvalue weighted by Gasteiger charge is 2.13. The van der Waals surface area contributed by atoms with E-state index in [1.165, 1.54) is 18.3 Å². The summed E-state index contributed by atoms with van der Waals surface area (Å²) in [4.78, 5) is 19.4. The van der Waals surface area contributed by atoms with Crippen LogP contribution in [0.4, 0.5) is 5.82 Å². The highest BCUT2D eigenvalue weighted by Crippen LogP contribution is 2.26. The molecule has 1 amide bonds. The maximum absolute atomic E-state index is 11.8. The molecule has 0 unspecified atom stereocenters. The lowest BCUT2D eigenvalue weighted by Crippen LogP contribution is -2.14. The summed E-state index contributed by atoms with van der Waals surface area (Å²) in [6.45, 7) is 0. The van der Waals surface area contributed by atoms with Crippen molar-refractivity contribution in [3.63, 3.8) is 0 Å². The standard InChI is InChI=1S/C12H13Cl2N3O/c13-10-11(14)15-7-16-12(10)17-9(18)6-8-4-2-1-3-5-8/h4,7H,1-3,5-6H2,(H,15,16,17,18). The fourth-order valence-corrected chi connectivity index (χ4v) is 2.16. The van der Waals surface area contributed by atoms with Gasteiger partial charge in [0.05, 0.1) is 0 Å². The van der Waals surface area contributed by atoms with Gasteiger partial charge in [-0.2, -0.15) is 0 Å². The molecule has 2 rings (SSSR count). The molecule has 0 fully saturated rings. The Morgan fingerprint density at radius 2 is 2.17 bits per heavy atom. The molecule has 1 heterocycles.